The quantitative estimate of drug-likeness (QED) is 0.641. The van der Waals surface area contributed by atoms with Crippen molar-refractivity contribution in [3.05, 3.63) is 0 Å². The lowest BCUT2D eigenvalue weighted by Gasteiger charge is -2.33. The molecule has 2 amide bonds. The van der Waals surface area contributed by atoms with Crippen molar-refractivity contribution in [2.24, 2.45) is 10.8 Å². The van der Waals surface area contributed by atoms with Crippen LogP contribution in [0.5, 0.6) is 0 Å². The second-order valence-corrected chi connectivity index (χ2v) is 10.8. The van der Waals surface area contributed by atoms with E-state index in [9.17, 15) is 9.59 Å². The SMILES string of the molecule is CC.CC(C)(C)C(=O)N1CCCC1.CC(C)(C)C(=O)N1CCC[C@H]1CN1CCCC1. The van der Waals surface area contributed by atoms with E-state index in [2.05, 4.69) is 9.80 Å². The zero-order valence-corrected chi connectivity index (χ0v) is 21.2. The van der Waals surface area contributed by atoms with Gasteiger partial charge in [0, 0.05) is 43.1 Å². The Kier molecular flexibility index (Phi) is 10.8. The first-order valence-electron chi connectivity index (χ1n) is 12.3. The first-order chi connectivity index (χ1) is 14.0. The van der Waals surface area contributed by atoms with E-state index in [1.54, 1.807) is 0 Å². The molecule has 30 heavy (non-hydrogen) atoms. The van der Waals surface area contributed by atoms with Crippen LogP contribution in [0.1, 0.15) is 93.9 Å². The van der Waals surface area contributed by atoms with Crippen LogP contribution in [-0.4, -0.2) is 71.8 Å². The second kappa shape index (κ2) is 12.1. The largest absolute Gasteiger partial charge is 0.342 e. The Morgan fingerprint density at radius 1 is 0.700 bits per heavy atom. The van der Waals surface area contributed by atoms with Gasteiger partial charge in [0.05, 0.1) is 0 Å². The summed E-state index contributed by atoms with van der Waals surface area (Å²) in [5, 5.41) is 0. The summed E-state index contributed by atoms with van der Waals surface area (Å²) in [5.74, 6) is 0.634. The highest BCUT2D eigenvalue weighted by Gasteiger charge is 2.35. The molecular weight excluding hydrogens is 374 g/mol. The van der Waals surface area contributed by atoms with Gasteiger partial charge in [0.2, 0.25) is 11.8 Å². The number of carbonyl (C=O) groups is 2. The predicted molar refractivity (Wildman–Crippen MR) is 126 cm³/mol. The molecule has 3 heterocycles. The molecule has 3 saturated heterocycles. The Labute approximate surface area is 186 Å². The molecular formula is C25H49N3O2. The Bertz CT molecular complexity index is 521. The summed E-state index contributed by atoms with van der Waals surface area (Å²) in [4.78, 5) is 30.6. The van der Waals surface area contributed by atoms with Crippen LogP contribution >= 0.6 is 0 Å². The van der Waals surface area contributed by atoms with E-state index in [4.69, 9.17) is 0 Å². The average Bonchev–Trinajstić information content (AvgIpc) is 3.44. The fraction of sp³-hybridized carbons (Fsp3) is 0.920. The number of likely N-dealkylation sites (tertiary alicyclic amines) is 3. The highest BCUT2D eigenvalue weighted by molar-refractivity contribution is 5.82. The van der Waals surface area contributed by atoms with E-state index in [1.807, 2.05) is 60.3 Å². The standard InChI is InChI=1S/C14H26N2O.C9H17NO.C2H6/c1-14(2,3)13(17)16-10-6-7-12(16)11-15-8-4-5-9-15;1-9(2,3)8(11)10-6-4-5-7-10;1-2/h12H,4-11H2,1-3H3;4-7H2,1-3H3;1-2H3/t12-;;/m0../s1. The number of rotatable bonds is 2. The van der Waals surface area contributed by atoms with Crippen molar-refractivity contribution in [2.45, 2.75) is 100.0 Å². The zero-order valence-electron chi connectivity index (χ0n) is 21.2. The molecule has 0 aromatic heterocycles. The Morgan fingerprint density at radius 2 is 1.17 bits per heavy atom. The minimum absolute atomic E-state index is 0.190. The zero-order chi connectivity index (χ0) is 22.9. The summed E-state index contributed by atoms with van der Waals surface area (Å²) >= 11 is 0. The first-order valence-corrected chi connectivity index (χ1v) is 12.3. The van der Waals surface area contributed by atoms with E-state index in [0.717, 1.165) is 26.2 Å². The molecule has 3 aliphatic heterocycles. The average molecular weight is 424 g/mol. The molecule has 0 radical (unpaired) electrons. The molecule has 3 fully saturated rings. The van der Waals surface area contributed by atoms with Crippen molar-refractivity contribution in [2.75, 3.05) is 39.3 Å². The molecule has 176 valence electrons. The molecule has 0 aromatic carbocycles. The highest BCUT2D eigenvalue weighted by atomic mass is 16.2. The van der Waals surface area contributed by atoms with Gasteiger partial charge in [-0.15, -0.1) is 0 Å². The number of carbonyl (C=O) groups excluding carboxylic acids is 2. The van der Waals surface area contributed by atoms with Crippen molar-refractivity contribution < 1.29 is 9.59 Å². The van der Waals surface area contributed by atoms with Crippen LogP contribution in [0, 0.1) is 10.8 Å². The van der Waals surface area contributed by atoms with E-state index in [1.165, 1.54) is 51.6 Å². The van der Waals surface area contributed by atoms with Crippen molar-refractivity contribution in [1.82, 2.24) is 14.7 Å². The normalized spacial score (nSPS) is 22.3. The summed E-state index contributed by atoms with van der Waals surface area (Å²) in [6.45, 7) is 22.5. The van der Waals surface area contributed by atoms with Crippen LogP contribution < -0.4 is 0 Å². The lowest BCUT2D eigenvalue weighted by molar-refractivity contribution is -0.140. The minimum atomic E-state index is -0.229. The lowest BCUT2D eigenvalue weighted by atomic mass is 9.94. The van der Waals surface area contributed by atoms with Crippen molar-refractivity contribution in [3.63, 3.8) is 0 Å². The van der Waals surface area contributed by atoms with Crippen LogP contribution in [0.3, 0.4) is 0 Å². The molecule has 0 saturated carbocycles. The third-order valence-corrected chi connectivity index (χ3v) is 5.98. The van der Waals surface area contributed by atoms with Gasteiger partial charge in [-0.05, 0) is 51.6 Å². The molecule has 0 spiro atoms. The monoisotopic (exact) mass is 423 g/mol. The van der Waals surface area contributed by atoms with Crippen LogP contribution in [0.4, 0.5) is 0 Å². The van der Waals surface area contributed by atoms with Gasteiger partial charge in [0.25, 0.3) is 0 Å². The van der Waals surface area contributed by atoms with Gasteiger partial charge in [-0.1, -0.05) is 55.4 Å². The number of nitrogens with zero attached hydrogens (tertiary/aromatic N) is 3. The predicted octanol–water partition coefficient (Wildman–Crippen LogP) is 4.80. The van der Waals surface area contributed by atoms with Crippen molar-refractivity contribution in [3.8, 4) is 0 Å². The van der Waals surface area contributed by atoms with E-state index in [-0.39, 0.29) is 10.8 Å². The highest BCUT2D eigenvalue weighted by Crippen LogP contribution is 2.26. The van der Waals surface area contributed by atoms with Crippen LogP contribution in [-0.2, 0) is 9.59 Å². The molecule has 5 nitrogen and oxygen atoms in total. The molecule has 0 aromatic rings. The third-order valence-electron chi connectivity index (χ3n) is 5.98. The Hall–Kier alpha value is -1.10. The summed E-state index contributed by atoms with van der Waals surface area (Å²) in [5.41, 5.74) is -0.419. The van der Waals surface area contributed by atoms with Gasteiger partial charge >= 0.3 is 0 Å². The molecule has 3 aliphatic rings. The molecule has 3 rings (SSSR count). The van der Waals surface area contributed by atoms with E-state index in [0.29, 0.717) is 17.9 Å². The van der Waals surface area contributed by atoms with Crippen LogP contribution in [0.2, 0.25) is 0 Å². The summed E-state index contributed by atoms with van der Waals surface area (Å²) < 4.78 is 0. The topological polar surface area (TPSA) is 43.9 Å². The Balaban J connectivity index is 0.000000300. The molecule has 0 unspecified atom stereocenters. The van der Waals surface area contributed by atoms with Crippen LogP contribution in [0.25, 0.3) is 0 Å². The molecule has 0 N–H and O–H groups in total. The first kappa shape index (κ1) is 26.9. The van der Waals surface area contributed by atoms with Crippen molar-refractivity contribution in [1.29, 1.82) is 0 Å². The molecule has 0 aliphatic carbocycles. The van der Waals surface area contributed by atoms with Gasteiger partial charge in [0.15, 0.2) is 0 Å². The van der Waals surface area contributed by atoms with E-state index < -0.39 is 0 Å². The van der Waals surface area contributed by atoms with Gasteiger partial charge in [-0.25, -0.2) is 0 Å². The maximum atomic E-state index is 12.4. The van der Waals surface area contributed by atoms with Crippen LogP contribution in [0.15, 0.2) is 0 Å². The number of hydrogen-bond acceptors (Lipinski definition) is 3. The minimum Gasteiger partial charge on any atom is -0.342 e. The molecule has 0 bridgehead atoms. The van der Waals surface area contributed by atoms with Gasteiger partial charge < -0.3 is 14.7 Å². The van der Waals surface area contributed by atoms with Crippen molar-refractivity contribution >= 4 is 11.8 Å². The number of hydrogen-bond donors (Lipinski definition) is 0. The maximum Gasteiger partial charge on any atom is 0.228 e. The number of amides is 2. The smallest absolute Gasteiger partial charge is 0.228 e. The summed E-state index contributed by atoms with van der Waals surface area (Å²) in [6, 6.07) is 0.472. The summed E-state index contributed by atoms with van der Waals surface area (Å²) in [7, 11) is 0. The second-order valence-electron chi connectivity index (χ2n) is 10.8. The summed E-state index contributed by atoms with van der Waals surface area (Å²) in [6.07, 6.45) is 7.40. The van der Waals surface area contributed by atoms with Gasteiger partial charge in [0.1, 0.15) is 0 Å². The molecule has 5 heteroatoms. The lowest BCUT2D eigenvalue weighted by Crippen LogP contribution is -2.46. The van der Waals surface area contributed by atoms with Gasteiger partial charge in [-0.3, -0.25) is 9.59 Å². The fourth-order valence-electron chi connectivity index (χ4n) is 4.38. The Morgan fingerprint density at radius 3 is 1.63 bits per heavy atom. The van der Waals surface area contributed by atoms with Gasteiger partial charge in [-0.2, -0.15) is 0 Å². The fourth-order valence-corrected chi connectivity index (χ4v) is 4.38. The molecule has 1 atom stereocenters. The third kappa shape index (κ3) is 8.20. The van der Waals surface area contributed by atoms with E-state index >= 15 is 0 Å². The maximum absolute atomic E-state index is 12.4.